The molecule has 0 aliphatic rings. The van der Waals surface area contributed by atoms with Gasteiger partial charge in [0.1, 0.15) is 24.1 Å². The van der Waals surface area contributed by atoms with Crippen LogP contribution >= 0.6 is 11.6 Å². The van der Waals surface area contributed by atoms with Crippen molar-refractivity contribution in [3.05, 3.63) is 119 Å². The summed E-state index contributed by atoms with van der Waals surface area (Å²) < 4.78 is 39.7. The third-order valence-electron chi connectivity index (χ3n) is 7.05. The minimum Gasteiger partial charge on any atom is -0.497 e. The molecule has 4 aromatic rings. The summed E-state index contributed by atoms with van der Waals surface area (Å²) in [6.45, 7) is -0.555. The third-order valence-corrected chi connectivity index (χ3v) is 9.09. The van der Waals surface area contributed by atoms with E-state index in [0.717, 1.165) is 9.87 Å². The van der Waals surface area contributed by atoms with Crippen LogP contribution in [0.1, 0.15) is 11.1 Å². The standard InChI is InChI=1S/C33H34ClN3O6S/c1-35-33(39)31(21-24-8-5-4-6-9-24)36(22-25-10-7-11-29(20-25)43-3)32(38)23-37(27-14-12-26(34)13-15-27)44(40,41)30-18-16-28(42-2)17-19-30/h4-20,31H,21-23H2,1-3H3,(H,35,39)/t31-/m0/s1. The number of likely N-dealkylation sites (N-methyl/N-ethyl adjacent to an activating group) is 1. The summed E-state index contributed by atoms with van der Waals surface area (Å²) in [4.78, 5) is 29.1. The molecule has 0 aliphatic heterocycles. The minimum absolute atomic E-state index is 0.0258. The first-order valence-electron chi connectivity index (χ1n) is 13.8. The molecule has 0 spiro atoms. The predicted octanol–water partition coefficient (Wildman–Crippen LogP) is 4.94. The topological polar surface area (TPSA) is 105 Å². The van der Waals surface area contributed by atoms with Crippen LogP contribution in [0.4, 0.5) is 5.69 Å². The van der Waals surface area contributed by atoms with Crippen LogP contribution in [0.15, 0.2) is 108 Å². The number of carbonyl (C=O) groups excluding carboxylic acids is 2. The first-order valence-corrected chi connectivity index (χ1v) is 15.6. The average molecular weight is 636 g/mol. The lowest BCUT2D eigenvalue weighted by Gasteiger charge is -2.33. The highest BCUT2D eigenvalue weighted by Gasteiger charge is 2.34. The molecule has 0 saturated heterocycles. The van der Waals surface area contributed by atoms with Gasteiger partial charge in [-0.1, -0.05) is 54.1 Å². The van der Waals surface area contributed by atoms with Crippen molar-refractivity contribution in [3.63, 3.8) is 0 Å². The Morgan fingerprint density at radius 3 is 2.07 bits per heavy atom. The fourth-order valence-electron chi connectivity index (χ4n) is 4.70. The summed E-state index contributed by atoms with van der Waals surface area (Å²) in [7, 11) is 0.279. The Labute approximate surface area is 263 Å². The van der Waals surface area contributed by atoms with Crippen LogP contribution in [0.3, 0.4) is 0 Å². The van der Waals surface area contributed by atoms with Gasteiger partial charge in [-0.15, -0.1) is 0 Å². The Bertz CT molecular complexity index is 1670. The first kappa shape index (κ1) is 32.4. The number of anilines is 1. The number of hydrogen-bond donors (Lipinski definition) is 1. The fraction of sp³-hybridized carbons (Fsp3) is 0.212. The predicted molar refractivity (Wildman–Crippen MR) is 171 cm³/mol. The van der Waals surface area contributed by atoms with Gasteiger partial charge in [0.2, 0.25) is 11.8 Å². The molecular formula is C33H34ClN3O6S. The van der Waals surface area contributed by atoms with E-state index in [-0.39, 0.29) is 29.5 Å². The SMILES string of the molecule is CNC(=O)[C@H](Cc1ccccc1)N(Cc1cccc(OC)c1)C(=O)CN(c1ccc(Cl)cc1)S(=O)(=O)c1ccc(OC)cc1. The van der Waals surface area contributed by atoms with Gasteiger partial charge in [0.15, 0.2) is 0 Å². The van der Waals surface area contributed by atoms with Crippen LogP contribution in [0.25, 0.3) is 0 Å². The maximum Gasteiger partial charge on any atom is 0.264 e. The van der Waals surface area contributed by atoms with E-state index in [0.29, 0.717) is 22.1 Å². The summed E-state index contributed by atoms with van der Waals surface area (Å²) in [5.41, 5.74) is 1.78. The van der Waals surface area contributed by atoms with Crippen LogP contribution in [0.2, 0.25) is 5.02 Å². The molecule has 230 valence electrons. The van der Waals surface area contributed by atoms with Crippen molar-refractivity contribution in [2.75, 3.05) is 32.1 Å². The maximum absolute atomic E-state index is 14.3. The quantitative estimate of drug-likeness (QED) is 0.223. The molecule has 4 aromatic carbocycles. The van der Waals surface area contributed by atoms with Gasteiger partial charge in [0, 0.05) is 25.0 Å². The molecule has 2 amide bonds. The summed E-state index contributed by atoms with van der Waals surface area (Å²) in [5.74, 6) is 0.0988. The van der Waals surface area contributed by atoms with Crippen LogP contribution in [0.5, 0.6) is 11.5 Å². The maximum atomic E-state index is 14.3. The molecule has 0 aromatic heterocycles. The van der Waals surface area contributed by atoms with Gasteiger partial charge in [-0.3, -0.25) is 13.9 Å². The Morgan fingerprint density at radius 1 is 0.818 bits per heavy atom. The molecule has 0 unspecified atom stereocenters. The molecule has 44 heavy (non-hydrogen) atoms. The van der Waals surface area contributed by atoms with Gasteiger partial charge < -0.3 is 19.7 Å². The number of amides is 2. The Morgan fingerprint density at radius 2 is 1.45 bits per heavy atom. The Hall–Kier alpha value is -4.54. The molecule has 1 atom stereocenters. The molecule has 0 aliphatic carbocycles. The van der Waals surface area contributed by atoms with Gasteiger partial charge >= 0.3 is 0 Å². The van der Waals surface area contributed by atoms with Crippen molar-refractivity contribution in [1.29, 1.82) is 0 Å². The second-order valence-corrected chi connectivity index (χ2v) is 12.2. The van der Waals surface area contributed by atoms with Crippen molar-refractivity contribution < 1.29 is 27.5 Å². The van der Waals surface area contributed by atoms with Crippen molar-refractivity contribution >= 4 is 39.1 Å². The number of ether oxygens (including phenoxy) is 2. The zero-order valence-corrected chi connectivity index (χ0v) is 26.2. The van der Waals surface area contributed by atoms with E-state index >= 15 is 0 Å². The lowest BCUT2D eigenvalue weighted by Crippen LogP contribution is -2.53. The second-order valence-electron chi connectivity index (χ2n) is 9.86. The average Bonchev–Trinajstić information content (AvgIpc) is 3.05. The van der Waals surface area contributed by atoms with E-state index in [1.165, 1.54) is 55.5 Å². The third kappa shape index (κ3) is 7.89. The van der Waals surface area contributed by atoms with Crippen LogP contribution < -0.4 is 19.1 Å². The van der Waals surface area contributed by atoms with Crippen LogP contribution in [0, 0.1) is 0 Å². The highest BCUT2D eigenvalue weighted by Crippen LogP contribution is 2.27. The zero-order chi connectivity index (χ0) is 31.7. The number of carbonyl (C=O) groups is 2. The van der Waals surface area contributed by atoms with Gasteiger partial charge in [0.05, 0.1) is 24.8 Å². The normalized spacial score (nSPS) is 11.7. The van der Waals surface area contributed by atoms with E-state index < -0.39 is 28.5 Å². The van der Waals surface area contributed by atoms with E-state index in [1.807, 2.05) is 36.4 Å². The largest absolute Gasteiger partial charge is 0.497 e. The lowest BCUT2D eigenvalue weighted by molar-refractivity contribution is -0.139. The lowest BCUT2D eigenvalue weighted by atomic mass is 10.0. The number of hydrogen-bond acceptors (Lipinski definition) is 6. The molecule has 0 heterocycles. The van der Waals surface area contributed by atoms with Crippen molar-refractivity contribution in [1.82, 2.24) is 10.2 Å². The Balaban J connectivity index is 1.79. The van der Waals surface area contributed by atoms with E-state index in [2.05, 4.69) is 5.32 Å². The summed E-state index contributed by atoms with van der Waals surface area (Å²) >= 11 is 6.11. The van der Waals surface area contributed by atoms with E-state index in [9.17, 15) is 18.0 Å². The molecule has 0 bridgehead atoms. The zero-order valence-electron chi connectivity index (χ0n) is 24.6. The monoisotopic (exact) mass is 635 g/mol. The molecule has 0 fully saturated rings. The number of methoxy groups -OCH3 is 2. The number of sulfonamides is 1. The van der Waals surface area contributed by atoms with Crippen LogP contribution in [-0.2, 0) is 32.6 Å². The number of rotatable bonds is 13. The van der Waals surface area contributed by atoms with Crippen molar-refractivity contribution in [3.8, 4) is 11.5 Å². The van der Waals surface area contributed by atoms with E-state index in [4.69, 9.17) is 21.1 Å². The van der Waals surface area contributed by atoms with Gasteiger partial charge in [-0.25, -0.2) is 8.42 Å². The van der Waals surface area contributed by atoms with Gasteiger partial charge in [-0.05, 0) is 71.8 Å². The number of halogens is 1. The molecule has 0 saturated carbocycles. The summed E-state index contributed by atoms with van der Waals surface area (Å²) in [6, 6.07) is 27.6. The van der Waals surface area contributed by atoms with Crippen molar-refractivity contribution in [2.24, 2.45) is 0 Å². The highest BCUT2D eigenvalue weighted by molar-refractivity contribution is 7.92. The number of nitrogens with one attached hydrogen (secondary N) is 1. The highest BCUT2D eigenvalue weighted by atomic mass is 35.5. The van der Waals surface area contributed by atoms with Gasteiger partial charge in [-0.2, -0.15) is 0 Å². The molecule has 4 rings (SSSR count). The smallest absolute Gasteiger partial charge is 0.264 e. The summed E-state index contributed by atoms with van der Waals surface area (Å²) in [6.07, 6.45) is 0.211. The Kier molecular flexibility index (Phi) is 10.9. The first-order chi connectivity index (χ1) is 21.2. The molecule has 1 N–H and O–H groups in total. The molecule has 9 nitrogen and oxygen atoms in total. The van der Waals surface area contributed by atoms with E-state index in [1.54, 1.807) is 37.4 Å². The minimum atomic E-state index is -4.25. The summed E-state index contributed by atoms with van der Waals surface area (Å²) in [5, 5.41) is 3.08. The molecular weight excluding hydrogens is 602 g/mol. The second kappa shape index (κ2) is 14.8. The van der Waals surface area contributed by atoms with Crippen LogP contribution in [-0.4, -0.2) is 59.0 Å². The number of nitrogens with zero attached hydrogens (tertiary/aromatic N) is 2. The fourth-order valence-corrected chi connectivity index (χ4v) is 6.24. The molecule has 11 heteroatoms. The van der Waals surface area contributed by atoms with Crippen molar-refractivity contribution in [2.45, 2.75) is 23.9 Å². The number of benzene rings is 4. The van der Waals surface area contributed by atoms with Gasteiger partial charge in [0.25, 0.3) is 10.0 Å². The molecule has 0 radical (unpaired) electrons.